The molecule has 0 aliphatic carbocycles. The smallest absolute Gasteiger partial charge is 0.246 e. The van der Waals surface area contributed by atoms with Gasteiger partial charge in [-0.3, -0.25) is 0 Å². The van der Waals surface area contributed by atoms with Crippen molar-refractivity contribution in [1.82, 2.24) is 4.31 Å². The molecular formula is C14H12BrFN2O2S. The number of hydrogen-bond acceptors (Lipinski definition) is 3. The van der Waals surface area contributed by atoms with Crippen LogP contribution >= 0.6 is 15.9 Å². The third kappa shape index (κ3) is 2.45. The summed E-state index contributed by atoms with van der Waals surface area (Å²) in [6.45, 7) is 0.481. The molecule has 0 amide bonds. The number of nitrogens with zero attached hydrogens (tertiary/aromatic N) is 1. The molecule has 7 heteroatoms. The lowest BCUT2D eigenvalue weighted by atomic mass is 10.1. The lowest BCUT2D eigenvalue weighted by molar-refractivity contribution is 0.426. The van der Waals surface area contributed by atoms with Crippen LogP contribution in [0, 0.1) is 5.82 Å². The van der Waals surface area contributed by atoms with Crippen LogP contribution in [0.1, 0.15) is 11.1 Å². The van der Waals surface area contributed by atoms with Crippen molar-refractivity contribution in [2.45, 2.75) is 18.0 Å². The normalized spacial score (nSPS) is 15.1. The summed E-state index contributed by atoms with van der Waals surface area (Å²) in [6, 6.07) is 9.94. The van der Waals surface area contributed by atoms with Crippen LogP contribution in [0.3, 0.4) is 0 Å². The first-order valence-electron chi connectivity index (χ1n) is 6.21. The molecule has 110 valence electrons. The minimum Gasteiger partial charge on any atom is -0.399 e. The van der Waals surface area contributed by atoms with Gasteiger partial charge in [-0.1, -0.05) is 24.3 Å². The van der Waals surface area contributed by atoms with Crippen LogP contribution in [0.4, 0.5) is 10.1 Å². The maximum Gasteiger partial charge on any atom is 0.246 e. The molecular weight excluding hydrogens is 359 g/mol. The second-order valence-corrected chi connectivity index (χ2v) is 7.62. The summed E-state index contributed by atoms with van der Waals surface area (Å²) in [7, 11) is -3.93. The van der Waals surface area contributed by atoms with Gasteiger partial charge >= 0.3 is 0 Å². The molecule has 1 heterocycles. The molecule has 0 unspecified atom stereocenters. The third-order valence-electron chi connectivity index (χ3n) is 3.45. The molecule has 0 aromatic heterocycles. The van der Waals surface area contributed by atoms with Crippen LogP contribution in [0.5, 0.6) is 0 Å². The number of nitrogens with two attached hydrogens (primary N) is 1. The van der Waals surface area contributed by atoms with Crippen LogP contribution in [0.15, 0.2) is 45.8 Å². The third-order valence-corrected chi connectivity index (χ3v) is 5.81. The van der Waals surface area contributed by atoms with Crippen molar-refractivity contribution in [3.05, 3.63) is 57.8 Å². The highest BCUT2D eigenvalue weighted by atomic mass is 79.9. The predicted molar refractivity (Wildman–Crippen MR) is 81.4 cm³/mol. The summed E-state index contributed by atoms with van der Waals surface area (Å²) in [5.74, 6) is -0.819. The molecule has 4 nitrogen and oxygen atoms in total. The molecule has 2 N–H and O–H groups in total. The highest BCUT2D eigenvalue weighted by molar-refractivity contribution is 9.10. The Hall–Kier alpha value is -1.44. The van der Waals surface area contributed by atoms with Gasteiger partial charge in [-0.15, -0.1) is 0 Å². The fraction of sp³-hybridized carbons (Fsp3) is 0.143. The molecule has 2 aromatic carbocycles. The van der Waals surface area contributed by atoms with Gasteiger partial charge in [0.05, 0.1) is 4.47 Å². The first kappa shape index (κ1) is 14.5. The molecule has 0 spiro atoms. The van der Waals surface area contributed by atoms with Crippen LogP contribution in [0.25, 0.3) is 0 Å². The lowest BCUT2D eigenvalue weighted by Crippen LogP contribution is -2.26. The van der Waals surface area contributed by atoms with Crippen LogP contribution in [-0.2, 0) is 23.1 Å². The largest absolute Gasteiger partial charge is 0.399 e. The van der Waals surface area contributed by atoms with Crippen LogP contribution in [-0.4, -0.2) is 12.7 Å². The topological polar surface area (TPSA) is 63.4 Å². The summed E-state index contributed by atoms with van der Waals surface area (Å²) >= 11 is 2.99. The summed E-state index contributed by atoms with van der Waals surface area (Å²) in [5, 5.41) is 0. The molecule has 3 rings (SSSR count). The van der Waals surface area contributed by atoms with Crippen molar-refractivity contribution in [3.8, 4) is 0 Å². The van der Waals surface area contributed by atoms with Gasteiger partial charge < -0.3 is 5.73 Å². The van der Waals surface area contributed by atoms with E-state index in [4.69, 9.17) is 5.73 Å². The number of anilines is 1. The molecule has 0 fully saturated rings. The van der Waals surface area contributed by atoms with E-state index in [1.165, 1.54) is 10.4 Å². The number of benzene rings is 2. The van der Waals surface area contributed by atoms with Gasteiger partial charge in [-0.05, 0) is 39.2 Å². The minimum absolute atomic E-state index is 0.0396. The number of sulfonamides is 1. The van der Waals surface area contributed by atoms with Crippen molar-refractivity contribution < 1.29 is 12.8 Å². The van der Waals surface area contributed by atoms with Gasteiger partial charge in [0.1, 0.15) is 4.90 Å². The van der Waals surface area contributed by atoms with Gasteiger partial charge in [-0.2, -0.15) is 4.31 Å². The van der Waals surface area contributed by atoms with E-state index in [2.05, 4.69) is 15.9 Å². The quantitative estimate of drug-likeness (QED) is 0.826. The highest BCUT2D eigenvalue weighted by Gasteiger charge is 2.33. The zero-order valence-corrected chi connectivity index (χ0v) is 13.3. The molecule has 2 aromatic rings. The monoisotopic (exact) mass is 370 g/mol. The van der Waals surface area contributed by atoms with Gasteiger partial charge in [0.15, 0.2) is 5.82 Å². The minimum atomic E-state index is -3.93. The molecule has 0 bridgehead atoms. The molecule has 1 aliphatic rings. The standard InChI is InChI=1S/C14H12BrFN2O2S/c15-12-5-11(17)6-13(14(12)16)21(19,20)18-7-9-3-1-2-4-10(9)8-18/h1-6H,7-8,17H2. The zero-order chi connectivity index (χ0) is 15.2. The van der Waals surface area contributed by atoms with E-state index in [-0.39, 0.29) is 23.2 Å². The van der Waals surface area contributed by atoms with Gasteiger partial charge in [0.25, 0.3) is 0 Å². The predicted octanol–water partition coefficient (Wildman–Crippen LogP) is 2.87. The summed E-state index contributed by atoms with van der Waals surface area (Å²) in [6.07, 6.45) is 0. The number of hydrogen-bond donors (Lipinski definition) is 1. The Morgan fingerprint density at radius 2 is 1.71 bits per heavy atom. The molecule has 0 atom stereocenters. The first-order valence-corrected chi connectivity index (χ1v) is 8.44. The van der Waals surface area contributed by atoms with Crippen molar-refractivity contribution in [1.29, 1.82) is 0 Å². The fourth-order valence-electron chi connectivity index (χ4n) is 2.38. The fourth-order valence-corrected chi connectivity index (χ4v) is 4.51. The maximum atomic E-state index is 14.2. The Morgan fingerprint density at radius 3 is 2.29 bits per heavy atom. The SMILES string of the molecule is Nc1cc(Br)c(F)c(S(=O)(=O)N2Cc3ccccc3C2)c1. The summed E-state index contributed by atoms with van der Waals surface area (Å²) in [5.41, 5.74) is 7.69. The number of rotatable bonds is 2. The Labute approximate surface area is 130 Å². The summed E-state index contributed by atoms with van der Waals surface area (Å²) < 4.78 is 40.7. The second-order valence-electron chi connectivity index (χ2n) is 4.86. The van der Waals surface area contributed by atoms with Gasteiger partial charge in [0, 0.05) is 18.8 Å². The van der Waals surface area contributed by atoms with Gasteiger partial charge in [-0.25, -0.2) is 12.8 Å². The lowest BCUT2D eigenvalue weighted by Gasteiger charge is -2.17. The van der Waals surface area contributed by atoms with Crippen molar-refractivity contribution >= 4 is 31.6 Å². The number of fused-ring (bicyclic) bond motifs is 1. The highest BCUT2D eigenvalue weighted by Crippen LogP contribution is 2.32. The Morgan fingerprint density at radius 1 is 1.14 bits per heavy atom. The van der Waals surface area contributed by atoms with Gasteiger partial charge in [0.2, 0.25) is 10.0 Å². The van der Waals surface area contributed by atoms with E-state index < -0.39 is 20.7 Å². The van der Waals surface area contributed by atoms with Crippen molar-refractivity contribution in [2.24, 2.45) is 0 Å². The average molecular weight is 371 g/mol. The summed E-state index contributed by atoms with van der Waals surface area (Å²) in [4.78, 5) is -0.401. The zero-order valence-electron chi connectivity index (χ0n) is 10.9. The molecule has 21 heavy (non-hydrogen) atoms. The van der Waals surface area contributed by atoms with E-state index in [0.717, 1.165) is 17.2 Å². The maximum absolute atomic E-state index is 14.2. The van der Waals surface area contributed by atoms with Crippen molar-refractivity contribution in [3.63, 3.8) is 0 Å². The van der Waals surface area contributed by atoms with E-state index in [0.29, 0.717) is 0 Å². The van der Waals surface area contributed by atoms with E-state index in [9.17, 15) is 12.8 Å². The molecule has 0 radical (unpaired) electrons. The van der Waals surface area contributed by atoms with Crippen LogP contribution < -0.4 is 5.73 Å². The molecule has 0 saturated carbocycles. The van der Waals surface area contributed by atoms with E-state index >= 15 is 0 Å². The Kier molecular flexibility index (Phi) is 3.51. The first-order chi connectivity index (χ1) is 9.89. The van der Waals surface area contributed by atoms with E-state index in [1.807, 2.05) is 24.3 Å². The average Bonchev–Trinajstić information content (AvgIpc) is 2.87. The molecule has 0 saturated heterocycles. The Bertz CT molecular complexity index is 799. The molecule has 1 aliphatic heterocycles. The second kappa shape index (κ2) is 5.08. The Balaban J connectivity index is 2.04. The van der Waals surface area contributed by atoms with Crippen molar-refractivity contribution in [2.75, 3.05) is 5.73 Å². The van der Waals surface area contributed by atoms with Crippen LogP contribution in [0.2, 0.25) is 0 Å². The number of halogens is 2. The van der Waals surface area contributed by atoms with E-state index in [1.54, 1.807) is 0 Å². The number of nitrogen functional groups attached to an aromatic ring is 1.